The minimum Gasteiger partial charge on any atom is -0.409 e. The second-order valence-corrected chi connectivity index (χ2v) is 4.81. The van der Waals surface area contributed by atoms with Crippen molar-refractivity contribution < 1.29 is 5.21 Å². The van der Waals surface area contributed by atoms with Crippen molar-refractivity contribution in [1.82, 2.24) is 10.3 Å². The number of hydrogen-bond donors (Lipinski definition) is 3. The third-order valence-corrected chi connectivity index (χ3v) is 3.09. The Bertz CT molecular complexity index is 406. The van der Waals surface area contributed by atoms with E-state index in [0.717, 1.165) is 12.1 Å². The summed E-state index contributed by atoms with van der Waals surface area (Å²) in [5, 5.41) is 15.1. The van der Waals surface area contributed by atoms with Crippen LogP contribution in [0.5, 0.6) is 0 Å². The fourth-order valence-corrected chi connectivity index (χ4v) is 1.87. The largest absolute Gasteiger partial charge is 0.409 e. The van der Waals surface area contributed by atoms with Gasteiger partial charge in [-0.05, 0) is 31.0 Å². The van der Waals surface area contributed by atoms with Gasteiger partial charge in [-0.2, -0.15) is 0 Å². The van der Waals surface area contributed by atoms with Crippen LogP contribution in [0.4, 0.5) is 0 Å². The summed E-state index contributed by atoms with van der Waals surface area (Å²) in [6.45, 7) is 5.17. The van der Waals surface area contributed by atoms with E-state index in [2.05, 4.69) is 29.3 Å². The van der Waals surface area contributed by atoms with E-state index in [4.69, 9.17) is 10.9 Å². The van der Waals surface area contributed by atoms with Gasteiger partial charge in [-0.15, -0.1) is 0 Å². The lowest BCUT2D eigenvalue weighted by molar-refractivity contribution is 0.318. The summed E-state index contributed by atoms with van der Waals surface area (Å²) in [6, 6.07) is 4.26. The van der Waals surface area contributed by atoms with Crippen LogP contribution in [0.25, 0.3) is 0 Å². The number of nitrogens with one attached hydrogen (secondary N) is 1. The third kappa shape index (κ3) is 5.70. The molecule has 106 valence electrons. The number of unbranched alkanes of at least 4 members (excludes halogenated alkanes) is 2. The first-order chi connectivity index (χ1) is 9.17. The predicted octanol–water partition coefficient (Wildman–Crippen LogP) is 2.23. The Balaban J connectivity index is 2.45. The van der Waals surface area contributed by atoms with Crippen LogP contribution in [0, 0.1) is 0 Å². The zero-order chi connectivity index (χ0) is 14.1. The Hall–Kier alpha value is -1.62. The first-order valence-electron chi connectivity index (χ1n) is 6.83. The van der Waals surface area contributed by atoms with Gasteiger partial charge in [0.05, 0.1) is 0 Å². The Morgan fingerprint density at radius 3 is 3.00 bits per heavy atom. The second-order valence-electron chi connectivity index (χ2n) is 4.81. The standard InChI is InChI=1S/C14H24N4O/c1-3-4-5-6-11(2)17-10-12-7-8-16-13(9-12)14(15)18-19/h7-9,11,17,19H,3-6,10H2,1-2H3,(H2,15,18). The van der Waals surface area contributed by atoms with E-state index >= 15 is 0 Å². The molecule has 1 heterocycles. The number of amidine groups is 1. The zero-order valence-electron chi connectivity index (χ0n) is 11.8. The zero-order valence-corrected chi connectivity index (χ0v) is 11.8. The molecule has 0 saturated heterocycles. The van der Waals surface area contributed by atoms with Gasteiger partial charge in [0.2, 0.25) is 0 Å². The van der Waals surface area contributed by atoms with Gasteiger partial charge in [-0.1, -0.05) is 31.3 Å². The van der Waals surface area contributed by atoms with Gasteiger partial charge in [-0.25, -0.2) is 0 Å². The molecule has 5 heteroatoms. The summed E-state index contributed by atoms with van der Waals surface area (Å²) >= 11 is 0. The lowest BCUT2D eigenvalue weighted by atomic mass is 10.1. The molecule has 5 nitrogen and oxygen atoms in total. The van der Waals surface area contributed by atoms with E-state index in [1.54, 1.807) is 6.20 Å². The maximum Gasteiger partial charge on any atom is 0.188 e. The first kappa shape index (κ1) is 15.4. The van der Waals surface area contributed by atoms with E-state index in [0.29, 0.717) is 11.7 Å². The third-order valence-electron chi connectivity index (χ3n) is 3.09. The Kier molecular flexibility index (Phi) is 6.89. The Morgan fingerprint density at radius 2 is 2.32 bits per heavy atom. The highest BCUT2D eigenvalue weighted by atomic mass is 16.4. The summed E-state index contributed by atoms with van der Waals surface area (Å²) in [5.41, 5.74) is 7.10. The fourth-order valence-electron chi connectivity index (χ4n) is 1.87. The molecule has 0 radical (unpaired) electrons. The normalized spacial score (nSPS) is 13.5. The van der Waals surface area contributed by atoms with Gasteiger partial charge < -0.3 is 16.3 Å². The van der Waals surface area contributed by atoms with Crippen molar-refractivity contribution in [3.8, 4) is 0 Å². The number of nitrogens with zero attached hydrogens (tertiary/aromatic N) is 2. The van der Waals surface area contributed by atoms with Crippen LogP contribution in [0.1, 0.15) is 50.8 Å². The van der Waals surface area contributed by atoms with Gasteiger partial charge in [-0.3, -0.25) is 4.98 Å². The van der Waals surface area contributed by atoms with Crippen LogP contribution in [-0.4, -0.2) is 22.1 Å². The predicted molar refractivity (Wildman–Crippen MR) is 77.2 cm³/mol. The van der Waals surface area contributed by atoms with Crippen molar-refractivity contribution >= 4 is 5.84 Å². The van der Waals surface area contributed by atoms with Gasteiger partial charge in [0.25, 0.3) is 0 Å². The molecule has 1 unspecified atom stereocenters. The molecule has 0 aliphatic carbocycles. The number of hydrogen-bond acceptors (Lipinski definition) is 4. The van der Waals surface area contributed by atoms with Gasteiger partial charge in [0.15, 0.2) is 5.84 Å². The number of pyridine rings is 1. The van der Waals surface area contributed by atoms with Crippen LogP contribution in [0.3, 0.4) is 0 Å². The second kappa shape index (κ2) is 8.48. The lowest BCUT2D eigenvalue weighted by Gasteiger charge is -2.13. The van der Waals surface area contributed by atoms with Crippen LogP contribution in [0.2, 0.25) is 0 Å². The molecule has 0 spiro atoms. The molecule has 19 heavy (non-hydrogen) atoms. The fraction of sp³-hybridized carbons (Fsp3) is 0.571. The summed E-state index contributed by atoms with van der Waals surface area (Å²) < 4.78 is 0. The molecule has 0 aliphatic heterocycles. The SMILES string of the molecule is CCCCCC(C)NCc1ccnc(C(N)=NO)c1. The molecule has 0 fully saturated rings. The van der Waals surface area contributed by atoms with Crippen LogP contribution >= 0.6 is 0 Å². The van der Waals surface area contributed by atoms with E-state index in [-0.39, 0.29) is 5.84 Å². The lowest BCUT2D eigenvalue weighted by Crippen LogP contribution is -2.25. The highest BCUT2D eigenvalue weighted by Gasteiger charge is 2.04. The maximum atomic E-state index is 8.63. The molecule has 0 aromatic carbocycles. The summed E-state index contributed by atoms with van der Waals surface area (Å²) in [4.78, 5) is 4.05. The van der Waals surface area contributed by atoms with Gasteiger partial charge in [0.1, 0.15) is 5.69 Å². The minimum atomic E-state index is 0.0397. The number of rotatable bonds is 8. The van der Waals surface area contributed by atoms with E-state index in [9.17, 15) is 0 Å². The first-order valence-corrected chi connectivity index (χ1v) is 6.83. The highest BCUT2D eigenvalue weighted by molar-refractivity contribution is 5.95. The molecule has 1 atom stereocenters. The van der Waals surface area contributed by atoms with Crippen molar-refractivity contribution in [3.05, 3.63) is 29.6 Å². The molecule has 4 N–H and O–H groups in total. The van der Waals surface area contributed by atoms with E-state index < -0.39 is 0 Å². The van der Waals surface area contributed by atoms with Crippen molar-refractivity contribution in [2.45, 2.75) is 52.1 Å². The summed E-state index contributed by atoms with van der Waals surface area (Å²) in [5.74, 6) is 0.0397. The minimum absolute atomic E-state index is 0.0397. The average molecular weight is 264 g/mol. The van der Waals surface area contributed by atoms with Gasteiger partial charge >= 0.3 is 0 Å². The Labute approximate surface area is 114 Å². The molecular formula is C14H24N4O. The molecule has 1 aromatic rings. The number of aromatic nitrogens is 1. The smallest absolute Gasteiger partial charge is 0.188 e. The van der Waals surface area contributed by atoms with Crippen LogP contribution < -0.4 is 11.1 Å². The topological polar surface area (TPSA) is 83.5 Å². The van der Waals surface area contributed by atoms with Crippen molar-refractivity contribution in [3.63, 3.8) is 0 Å². The average Bonchev–Trinajstić information content (AvgIpc) is 2.45. The summed E-state index contributed by atoms with van der Waals surface area (Å²) in [7, 11) is 0. The molecule has 0 aliphatic rings. The molecule has 0 amide bonds. The van der Waals surface area contributed by atoms with Gasteiger partial charge in [0, 0.05) is 18.8 Å². The maximum absolute atomic E-state index is 8.63. The highest BCUT2D eigenvalue weighted by Crippen LogP contribution is 2.05. The Morgan fingerprint density at radius 1 is 1.53 bits per heavy atom. The van der Waals surface area contributed by atoms with Crippen molar-refractivity contribution in [2.75, 3.05) is 0 Å². The monoisotopic (exact) mass is 264 g/mol. The van der Waals surface area contributed by atoms with E-state index in [1.165, 1.54) is 25.7 Å². The van der Waals surface area contributed by atoms with Crippen LogP contribution in [0.15, 0.2) is 23.5 Å². The summed E-state index contributed by atoms with van der Waals surface area (Å²) in [6.07, 6.45) is 6.66. The van der Waals surface area contributed by atoms with Crippen LogP contribution in [-0.2, 0) is 6.54 Å². The quantitative estimate of drug-likeness (QED) is 0.221. The molecular weight excluding hydrogens is 240 g/mol. The molecule has 1 aromatic heterocycles. The molecule has 1 rings (SSSR count). The van der Waals surface area contributed by atoms with Crippen molar-refractivity contribution in [1.29, 1.82) is 0 Å². The number of oxime groups is 1. The molecule has 0 saturated carbocycles. The van der Waals surface area contributed by atoms with E-state index in [1.807, 2.05) is 12.1 Å². The molecule has 0 bridgehead atoms. The van der Waals surface area contributed by atoms with Crippen molar-refractivity contribution in [2.24, 2.45) is 10.9 Å². The number of nitrogens with two attached hydrogens (primary N) is 1.